The maximum absolute atomic E-state index is 5.96. The first-order chi connectivity index (χ1) is 10.3. The van der Waals surface area contributed by atoms with Gasteiger partial charge in [0.15, 0.2) is 0 Å². The molecule has 2 aromatic rings. The number of methoxy groups -OCH3 is 1. The molecule has 3 nitrogen and oxygen atoms in total. The summed E-state index contributed by atoms with van der Waals surface area (Å²) < 4.78 is 5.50. The molecule has 0 amide bonds. The Kier molecular flexibility index (Phi) is 4.54. The minimum absolute atomic E-state index is 0.367. The number of hydrogen-bond acceptors (Lipinski definition) is 3. The Hall–Kier alpha value is -1.42. The Labute approximate surface area is 126 Å². The lowest BCUT2D eigenvalue weighted by molar-refractivity contribution is 0.0102. The highest BCUT2D eigenvalue weighted by Gasteiger charge is 2.27. The molecule has 3 heteroatoms. The van der Waals surface area contributed by atoms with Crippen molar-refractivity contribution in [3.05, 3.63) is 48.0 Å². The third-order valence-electron chi connectivity index (χ3n) is 4.59. The molecule has 1 aliphatic rings. The monoisotopic (exact) mass is 284 g/mol. The lowest BCUT2D eigenvalue weighted by Crippen LogP contribution is -2.47. The van der Waals surface area contributed by atoms with Crippen LogP contribution in [-0.2, 0) is 11.3 Å². The van der Waals surface area contributed by atoms with E-state index in [1.807, 2.05) is 0 Å². The Morgan fingerprint density at radius 1 is 1.19 bits per heavy atom. The Bertz CT molecular complexity index is 599. The van der Waals surface area contributed by atoms with Gasteiger partial charge in [-0.05, 0) is 35.2 Å². The average molecular weight is 284 g/mol. The summed E-state index contributed by atoms with van der Waals surface area (Å²) in [5, 5.41) is 2.61. The summed E-state index contributed by atoms with van der Waals surface area (Å²) in [7, 11) is 1.80. The number of benzene rings is 2. The summed E-state index contributed by atoms with van der Waals surface area (Å²) in [6.07, 6.45) is 2.51. The second-order valence-corrected chi connectivity index (χ2v) is 5.92. The molecule has 2 aromatic carbocycles. The Morgan fingerprint density at radius 2 is 2.00 bits per heavy atom. The molecule has 0 spiro atoms. The molecule has 1 heterocycles. The fourth-order valence-electron chi connectivity index (χ4n) is 3.30. The maximum Gasteiger partial charge on any atom is 0.0599 e. The Balaban J connectivity index is 1.74. The highest BCUT2D eigenvalue weighted by Crippen LogP contribution is 2.23. The lowest BCUT2D eigenvalue weighted by atomic mass is 9.98. The average Bonchev–Trinajstić information content (AvgIpc) is 2.55. The first kappa shape index (κ1) is 14.5. The van der Waals surface area contributed by atoms with Crippen LogP contribution in [0.3, 0.4) is 0 Å². The standard InChI is InChI=1S/C18H24N2O/c1-21-18-8-9-20(17(11-18)12-19)13-14-6-7-15-4-2-3-5-16(15)10-14/h2-7,10,17-18H,8-9,11-13,19H2,1H3. The van der Waals surface area contributed by atoms with Crippen molar-refractivity contribution in [3.8, 4) is 0 Å². The summed E-state index contributed by atoms with van der Waals surface area (Å²) in [6, 6.07) is 15.7. The summed E-state index contributed by atoms with van der Waals surface area (Å²) in [4.78, 5) is 2.50. The van der Waals surface area contributed by atoms with Crippen molar-refractivity contribution in [1.29, 1.82) is 0 Å². The van der Waals surface area contributed by atoms with Crippen molar-refractivity contribution in [1.82, 2.24) is 4.90 Å². The molecule has 2 atom stereocenters. The van der Waals surface area contributed by atoms with Gasteiger partial charge in [-0.25, -0.2) is 0 Å². The van der Waals surface area contributed by atoms with E-state index in [4.69, 9.17) is 10.5 Å². The van der Waals surface area contributed by atoms with Gasteiger partial charge in [-0.2, -0.15) is 0 Å². The molecule has 2 unspecified atom stereocenters. The third kappa shape index (κ3) is 3.26. The number of likely N-dealkylation sites (tertiary alicyclic amines) is 1. The first-order valence-corrected chi connectivity index (χ1v) is 7.74. The minimum Gasteiger partial charge on any atom is -0.381 e. The summed E-state index contributed by atoms with van der Waals surface area (Å²) >= 11 is 0. The highest BCUT2D eigenvalue weighted by molar-refractivity contribution is 5.82. The van der Waals surface area contributed by atoms with E-state index < -0.39 is 0 Å². The van der Waals surface area contributed by atoms with Gasteiger partial charge < -0.3 is 10.5 Å². The number of rotatable bonds is 4. The van der Waals surface area contributed by atoms with Crippen LogP contribution in [0.4, 0.5) is 0 Å². The van der Waals surface area contributed by atoms with Crippen molar-refractivity contribution in [2.45, 2.75) is 31.5 Å². The van der Waals surface area contributed by atoms with Crippen LogP contribution in [0.2, 0.25) is 0 Å². The van der Waals surface area contributed by atoms with E-state index in [1.54, 1.807) is 7.11 Å². The van der Waals surface area contributed by atoms with E-state index in [1.165, 1.54) is 16.3 Å². The van der Waals surface area contributed by atoms with Gasteiger partial charge in [0, 0.05) is 32.8 Å². The van der Waals surface area contributed by atoms with E-state index in [9.17, 15) is 0 Å². The summed E-state index contributed by atoms with van der Waals surface area (Å²) in [5.74, 6) is 0. The van der Waals surface area contributed by atoms with Gasteiger partial charge in [-0.1, -0.05) is 36.4 Å². The molecule has 2 N–H and O–H groups in total. The largest absolute Gasteiger partial charge is 0.381 e. The molecule has 1 aliphatic heterocycles. The highest BCUT2D eigenvalue weighted by atomic mass is 16.5. The van der Waals surface area contributed by atoms with Gasteiger partial charge in [0.25, 0.3) is 0 Å². The fourth-order valence-corrected chi connectivity index (χ4v) is 3.30. The van der Waals surface area contributed by atoms with Crippen LogP contribution in [0, 0.1) is 0 Å². The smallest absolute Gasteiger partial charge is 0.0599 e. The van der Waals surface area contributed by atoms with Crippen LogP contribution in [0.5, 0.6) is 0 Å². The van der Waals surface area contributed by atoms with E-state index >= 15 is 0 Å². The quantitative estimate of drug-likeness (QED) is 0.938. The van der Waals surface area contributed by atoms with Crippen molar-refractivity contribution < 1.29 is 4.74 Å². The molecule has 0 aromatic heterocycles. The van der Waals surface area contributed by atoms with Crippen molar-refractivity contribution >= 4 is 10.8 Å². The summed E-state index contributed by atoms with van der Waals surface area (Å²) in [5.41, 5.74) is 7.32. The van der Waals surface area contributed by atoms with Crippen molar-refractivity contribution in [2.24, 2.45) is 5.73 Å². The maximum atomic E-state index is 5.96. The normalized spacial score (nSPS) is 23.5. The second kappa shape index (κ2) is 6.56. The van der Waals surface area contributed by atoms with E-state index in [0.717, 1.165) is 25.9 Å². The molecule has 21 heavy (non-hydrogen) atoms. The molecule has 0 bridgehead atoms. The predicted molar refractivity (Wildman–Crippen MR) is 87.2 cm³/mol. The fraction of sp³-hybridized carbons (Fsp3) is 0.444. The van der Waals surface area contributed by atoms with Gasteiger partial charge in [0.2, 0.25) is 0 Å². The topological polar surface area (TPSA) is 38.5 Å². The molecule has 112 valence electrons. The molecule has 1 saturated heterocycles. The van der Waals surface area contributed by atoms with Crippen LogP contribution < -0.4 is 5.73 Å². The zero-order chi connectivity index (χ0) is 14.7. The van der Waals surface area contributed by atoms with Crippen molar-refractivity contribution in [2.75, 3.05) is 20.2 Å². The number of nitrogens with two attached hydrogens (primary N) is 1. The zero-order valence-electron chi connectivity index (χ0n) is 12.7. The van der Waals surface area contributed by atoms with Gasteiger partial charge in [-0.15, -0.1) is 0 Å². The first-order valence-electron chi connectivity index (χ1n) is 7.74. The van der Waals surface area contributed by atoms with Gasteiger partial charge in [-0.3, -0.25) is 4.90 Å². The second-order valence-electron chi connectivity index (χ2n) is 5.92. The SMILES string of the molecule is COC1CCN(Cc2ccc3ccccc3c2)C(CN)C1. The third-order valence-corrected chi connectivity index (χ3v) is 4.59. The Morgan fingerprint density at radius 3 is 2.76 bits per heavy atom. The molecule has 1 fully saturated rings. The molecule has 0 saturated carbocycles. The van der Waals surface area contributed by atoms with Gasteiger partial charge >= 0.3 is 0 Å². The van der Waals surface area contributed by atoms with E-state index in [-0.39, 0.29) is 0 Å². The number of fused-ring (bicyclic) bond motifs is 1. The zero-order valence-corrected chi connectivity index (χ0v) is 12.7. The number of piperidine rings is 1. The molecule has 3 rings (SSSR count). The molecular formula is C18H24N2O. The van der Waals surface area contributed by atoms with Crippen molar-refractivity contribution in [3.63, 3.8) is 0 Å². The van der Waals surface area contributed by atoms with Gasteiger partial charge in [0.05, 0.1) is 6.10 Å². The predicted octanol–water partition coefficient (Wildman–Crippen LogP) is 2.78. The summed E-state index contributed by atoms with van der Waals surface area (Å²) in [6.45, 7) is 2.74. The minimum atomic E-state index is 0.367. The molecular weight excluding hydrogens is 260 g/mol. The van der Waals surface area contributed by atoms with Crippen LogP contribution >= 0.6 is 0 Å². The van der Waals surface area contributed by atoms with Crippen LogP contribution in [0.1, 0.15) is 18.4 Å². The molecule has 0 aliphatic carbocycles. The van der Waals surface area contributed by atoms with Crippen LogP contribution in [0.15, 0.2) is 42.5 Å². The number of hydrogen-bond donors (Lipinski definition) is 1. The molecule has 0 radical (unpaired) electrons. The number of ether oxygens (including phenoxy) is 1. The number of nitrogens with zero attached hydrogens (tertiary/aromatic N) is 1. The lowest BCUT2D eigenvalue weighted by Gasteiger charge is -2.38. The van der Waals surface area contributed by atoms with Crippen LogP contribution in [0.25, 0.3) is 10.8 Å². The van der Waals surface area contributed by atoms with E-state index in [0.29, 0.717) is 18.7 Å². The van der Waals surface area contributed by atoms with Crippen LogP contribution in [-0.4, -0.2) is 37.2 Å². The van der Waals surface area contributed by atoms with Gasteiger partial charge in [0.1, 0.15) is 0 Å². The van der Waals surface area contributed by atoms with E-state index in [2.05, 4.69) is 47.4 Å².